The van der Waals surface area contributed by atoms with Crippen molar-refractivity contribution in [3.8, 4) is 5.75 Å². The standard InChI is InChI=1S/C16H14N2O3S/c1-21-11-6-4-10(5-7-11)9-18-15-13(16(19)20)12-3-2-8-17-14(12)22-15/h2-8,18H,9H2,1H3,(H,19,20). The van der Waals surface area contributed by atoms with Gasteiger partial charge in [0, 0.05) is 18.1 Å². The number of thiophene rings is 1. The Kier molecular flexibility index (Phi) is 3.93. The molecule has 0 atom stereocenters. The molecule has 0 saturated carbocycles. The Morgan fingerprint density at radius 3 is 2.77 bits per heavy atom. The van der Waals surface area contributed by atoms with Crippen LogP contribution in [0.25, 0.3) is 10.2 Å². The van der Waals surface area contributed by atoms with Crippen molar-refractivity contribution in [1.29, 1.82) is 0 Å². The number of anilines is 1. The summed E-state index contributed by atoms with van der Waals surface area (Å²) in [5, 5.41) is 13.9. The number of rotatable bonds is 5. The smallest absolute Gasteiger partial charge is 0.339 e. The van der Waals surface area contributed by atoms with Gasteiger partial charge in [0.05, 0.1) is 7.11 Å². The van der Waals surface area contributed by atoms with Gasteiger partial charge in [-0.1, -0.05) is 23.5 Å². The topological polar surface area (TPSA) is 71.5 Å². The van der Waals surface area contributed by atoms with Crippen molar-refractivity contribution in [1.82, 2.24) is 4.98 Å². The molecule has 0 aliphatic rings. The summed E-state index contributed by atoms with van der Waals surface area (Å²) in [5.41, 5.74) is 1.32. The van der Waals surface area contributed by atoms with Crippen LogP contribution in [-0.4, -0.2) is 23.2 Å². The molecule has 1 aromatic carbocycles. The predicted molar refractivity (Wildman–Crippen MR) is 86.9 cm³/mol. The Morgan fingerprint density at radius 1 is 1.32 bits per heavy atom. The molecule has 2 heterocycles. The van der Waals surface area contributed by atoms with Crippen LogP contribution in [0.1, 0.15) is 15.9 Å². The number of pyridine rings is 1. The first kappa shape index (κ1) is 14.3. The molecule has 0 bridgehead atoms. The van der Waals surface area contributed by atoms with Gasteiger partial charge in [-0.3, -0.25) is 0 Å². The molecule has 0 spiro atoms. The molecule has 0 saturated heterocycles. The SMILES string of the molecule is COc1ccc(CNc2sc3ncccc3c2C(=O)O)cc1. The Labute approximate surface area is 131 Å². The second-order valence-corrected chi connectivity index (χ2v) is 5.67. The summed E-state index contributed by atoms with van der Waals surface area (Å²) in [6, 6.07) is 11.2. The summed E-state index contributed by atoms with van der Waals surface area (Å²) in [6.07, 6.45) is 1.66. The zero-order chi connectivity index (χ0) is 15.5. The van der Waals surface area contributed by atoms with Gasteiger partial charge in [-0.25, -0.2) is 9.78 Å². The zero-order valence-electron chi connectivity index (χ0n) is 11.9. The first-order chi connectivity index (χ1) is 10.7. The Morgan fingerprint density at radius 2 is 2.09 bits per heavy atom. The van der Waals surface area contributed by atoms with Crippen molar-refractivity contribution >= 4 is 32.5 Å². The number of hydrogen-bond donors (Lipinski definition) is 2. The molecule has 2 N–H and O–H groups in total. The number of fused-ring (bicyclic) bond motifs is 1. The molecule has 6 heteroatoms. The van der Waals surface area contributed by atoms with Gasteiger partial charge in [0.2, 0.25) is 0 Å². The molecule has 22 heavy (non-hydrogen) atoms. The Balaban J connectivity index is 1.86. The number of aromatic carboxylic acids is 1. The number of carboxylic acids is 1. The highest BCUT2D eigenvalue weighted by atomic mass is 32.1. The van der Waals surface area contributed by atoms with Crippen molar-refractivity contribution in [2.24, 2.45) is 0 Å². The van der Waals surface area contributed by atoms with E-state index < -0.39 is 5.97 Å². The highest BCUT2D eigenvalue weighted by Crippen LogP contribution is 2.34. The average molecular weight is 314 g/mol. The number of hydrogen-bond acceptors (Lipinski definition) is 5. The van der Waals surface area contributed by atoms with E-state index in [9.17, 15) is 9.90 Å². The minimum absolute atomic E-state index is 0.279. The molecule has 0 unspecified atom stereocenters. The van der Waals surface area contributed by atoms with Gasteiger partial charge in [-0.15, -0.1) is 0 Å². The largest absolute Gasteiger partial charge is 0.497 e. The number of benzene rings is 1. The van der Waals surface area contributed by atoms with Gasteiger partial charge in [0.15, 0.2) is 0 Å². The Bertz CT molecular complexity index is 812. The minimum Gasteiger partial charge on any atom is -0.497 e. The first-order valence-electron chi connectivity index (χ1n) is 6.66. The third-order valence-corrected chi connectivity index (χ3v) is 4.36. The molecule has 0 fully saturated rings. The van der Waals surface area contributed by atoms with Crippen LogP contribution in [0.15, 0.2) is 42.6 Å². The van der Waals surface area contributed by atoms with Crippen molar-refractivity contribution < 1.29 is 14.6 Å². The van der Waals surface area contributed by atoms with Gasteiger partial charge in [0.25, 0.3) is 0 Å². The van der Waals surface area contributed by atoms with E-state index in [-0.39, 0.29) is 5.56 Å². The number of nitrogens with one attached hydrogen (secondary N) is 1. The van der Waals surface area contributed by atoms with Gasteiger partial charge in [0.1, 0.15) is 21.1 Å². The van der Waals surface area contributed by atoms with Crippen LogP contribution >= 0.6 is 11.3 Å². The fourth-order valence-electron chi connectivity index (χ4n) is 2.19. The lowest BCUT2D eigenvalue weighted by Gasteiger charge is -2.06. The van der Waals surface area contributed by atoms with Crippen molar-refractivity contribution in [2.75, 3.05) is 12.4 Å². The lowest BCUT2D eigenvalue weighted by molar-refractivity contribution is 0.0700. The number of carboxylic acid groups (broad SMARTS) is 1. The monoisotopic (exact) mass is 314 g/mol. The molecule has 5 nitrogen and oxygen atoms in total. The van der Waals surface area contributed by atoms with E-state index in [1.165, 1.54) is 11.3 Å². The second kappa shape index (κ2) is 6.03. The zero-order valence-corrected chi connectivity index (χ0v) is 12.7. The highest BCUT2D eigenvalue weighted by Gasteiger charge is 2.18. The highest BCUT2D eigenvalue weighted by molar-refractivity contribution is 7.23. The van der Waals surface area contributed by atoms with E-state index in [4.69, 9.17) is 4.74 Å². The van der Waals surface area contributed by atoms with Gasteiger partial charge in [-0.2, -0.15) is 0 Å². The summed E-state index contributed by atoms with van der Waals surface area (Å²) in [5.74, 6) is -0.155. The van der Waals surface area contributed by atoms with Crippen LogP contribution < -0.4 is 10.1 Å². The molecule has 0 radical (unpaired) electrons. The van der Waals surface area contributed by atoms with Crippen molar-refractivity contribution in [3.05, 3.63) is 53.7 Å². The quantitative estimate of drug-likeness (QED) is 0.752. The lowest BCUT2D eigenvalue weighted by Crippen LogP contribution is -2.03. The van der Waals surface area contributed by atoms with Crippen molar-refractivity contribution in [2.45, 2.75) is 6.54 Å². The molecular weight excluding hydrogens is 300 g/mol. The Hall–Kier alpha value is -2.60. The van der Waals surface area contributed by atoms with Crippen LogP contribution in [0, 0.1) is 0 Å². The number of methoxy groups -OCH3 is 1. The van der Waals surface area contributed by atoms with Crippen LogP contribution in [0.4, 0.5) is 5.00 Å². The number of ether oxygens (including phenoxy) is 1. The predicted octanol–water partition coefficient (Wildman–Crippen LogP) is 3.62. The first-order valence-corrected chi connectivity index (χ1v) is 7.48. The van der Waals surface area contributed by atoms with E-state index in [0.29, 0.717) is 16.9 Å². The maximum Gasteiger partial charge on any atom is 0.339 e. The number of nitrogens with zero attached hydrogens (tertiary/aromatic N) is 1. The van der Waals surface area contributed by atoms with Gasteiger partial charge >= 0.3 is 5.97 Å². The van der Waals surface area contributed by atoms with Gasteiger partial charge in [-0.05, 0) is 29.8 Å². The molecule has 0 amide bonds. The van der Waals surface area contributed by atoms with E-state index in [0.717, 1.165) is 16.1 Å². The summed E-state index contributed by atoms with van der Waals surface area (Å²) in [7, 11) is 1.62. The van der Waals surface area contributed by atoms with E-state index in [1.54, 1.807) is 25.4 Å². The van der Waals surface area contributed by atoms with Crippen LogP contribution in [0.5, 0.6) is 5.75 Å². The molecule has 112 valence electrons. The summed E-state index contributed by atoms with van der Waals surface area (Å²) < 4.78 is 5.12. The van der Waals surface area contributed by atoms with Crippen molar-refractivity contribution in [3.63, 3.8) is 0 Å². The third-order valence-electron chi connectivity index (χ3n) is 3.29. The molecule has 0 aliphatic heterocycles. The third kappa shape index (κ3) is 2.73. The molecular formula is C16H14N2O3S. The van der Waals surface area contributed by atoms with Crippen LogP contribution in [0.3, 0.4) is 0 Å². The second-order valence-electron chi connectivity index (χ2n) is 4.67. The van der Waals surface area contributed by atoms with E-state index in [1.807, 2.05) is 24.3 Å². The van der Waals surface area contributed by atoms with Crippen LogP contribution in [-0.2, 0) is 6.54 Å². The molecule has 3 rings (SSSR count). The normalized spacial score (nSPS) is 10.6. The fourth-order valence-corrected chi connectivity index (χ4v) is 3.23. The summed E-state index contributed by atoms with van der Waals surface area (Å²) in [4.78, 5) is 16.5. The van der Waals surface area contributed by atoms with Crippen LogP contribution in [0.2, 0.25) is 0 Å². The maximum absolute atomic E-state index is 11.5. The average Bonchev–Trinajstić information content (AvgIpc) is 2.92. The number of aromatic nitrogens is 1. The maximum atomic E-state index is 11.5. The van der Waals surface area contributed by atoms with E-state index >= 15 is 0 Å². The molecule has 0 aliphatic carbocycles. The summed E-state index contributed by atoms with van der Waals surface area (Å²) >= 11 is 1.35. The minimum atomic E-state index is -0.948. The molecule has 3 aromatic rings. The number of carbonyl (C=O) groups is 1. The summed E-state index contributed by atoms with van der Waals surface area (Å²) in [6.45, 7) is 0.539. The van der Waals surface area contributed by atoms with Gasteiger partial charge < -0.3 is 15.2 Å². The fraction of sp³-hybridized carbons (Fsp3) is 0.125. The van der Waals surface area contributed by atoms with E-state index in [2.05, 4.69) is 10.3 Å². The lowest BCUT2D eigenvalue weighted by atomic mass is 10.2. The molecule has 2 aromatic heterocycles.